The maximum atomic E-state index is 5.77. The van der Waals surface area contributed by atoms with Gasteiger partial charge in [-0.15, -0.1) is 0 Å². The normalized spacial score (nSPS) is 17.1. The van der Waals surface area contributed by atoms with Crippen LogP contribution >= 0.6 is 15.9 Å². The van der Waals surface area contributed by atoms with Crippen molar-refractivity contribution in [3.05, 3.63) is 27.7 Å². The number of rotatable bonds is 0. The lowest BCUT2D eigenvalue weighted by Gasteiger charge is -2.26. The molecule has 3 heteroatoms. The molecule has 1 heterocycles. The fourth-order valence-electron chi connectivity index (χ4n) is 1.78. The second-order valence-corrected chi connectivity index (χ2v) is 4.48. The fourth-order valence-corrected chi connectivity index (χ4v) is 2.42. The Balaban J connectivity index is 2.47. The van der Waals surface area contributed by atoms with Crippen LogP contribution in [0.15, 0.2) is 16.6 Å². The molecule has 0 unspecified atom stereocenters. The van der Waals surface area contributed by atoms with Gasteiger partial charge in [0.1, 0.15) is 0 Å². The van der Waals surface area contributed by atoms with Crippen LogP contribution in [-0.2, 0) is 13.0 Å². The smallest absolute Gasteiger partial charge is 0.0328 e. The van der Waals surface area contributed by atoms with E-state index in [-0.39, 0.29) is 0 Å². The lowest BCUT2D eigenvalue weighted by molar-refractivity contribution is 0.312. The average molecular weight is 241 g/mol. The molecule has 0 atom stereocenters. The second kappa shape index (κ2) is 3.31. The van der Waals surface area contributed by atoms with E-state index in [0.29, 0.717) is 0 Å². The van der Waals surface area contributed by atoms with Gasteiger partial charge < -0.3 is 10.6 Å². The van der Waals surface area contributed by atoms with Gasteiger partial charge in [0.05, 0.1) is 0 Å². The van der Waals surface area contributed by atoms with Gasteiger partial charge in [-0.25, -0.2) is 0 Å². The number of hydrogen-bond acceptors (Lipinski definition) is 2. The van der Waals surface area contributed by atoms with E-state index in [1.165, 1.54) is 11.1 Å². The fraction of sp³-hybridized carbons (Fsp3) is 0.400. The molecule has 0 saturated heterocycles. The zero-order valence-electron chi connectivity index (χ0n) is 7.68. The second-order valence-electron chi connectivity index (χ2n) is 3.63. The molecule has 1 aliphatic rings. The molecule has 0 amide bonds. The van der Waals surface area contributed by atoms with Crippen LogP contribution in [0, 0.1) is 0 Å². The number of anilines is 1. The predicted molar refractivity (Wildman–Crippen MR) is 58.6 cm³/mol. The molecule has 2 N–H and O–H groups in total. The van der Waals surface area contributed by atoms with E-state index in [1.54, 1.807) is 0 Å². The molecule has 1 aliphatic heterocycles. The third-order valence-electron chi connectivity index (χ3n) is 2.50. The average Bonchev–Trinajstić information content (AvgIpc) is 2.06. The standard InChI is InChI=1S/C10H13BrN2/c1-13-3-2-7-4-8(12)5-10(11)9(7)6-13/h4-5H,2-3,6,12H2,1H3. The number of benzene rings is 1. The molecule has 1 aromatic rings. The highest BCUT2D eigenvalue weighted by Gasteiger charge is 2.15. The molecule has 1 aromatic carbocycles. The monoisotopic (exact) mass is 240 g/mol. The van der Waals surface area contributed by atoms with Crippen molar-refractivity contribution in [2.24, 2.45) is 0 Å². The largest absolute Gasteiger partial charge is 0.399 e. The first-order valence-corrected chi connectivity index (χ1v) is 5.21. The summed E-state index contributed by atoms with van der Waals surface area (Å²) in [4.78, 5) is 2.32. The lowest BCUT2D eigenvalue weighted by atomic mass is 9.99. The van der Waals surface area contributed by atoms with Crippen LogP contribution in [0.5, 0.6) is 0 Å². The summed E-state index contributed by atoms with van der Waals surface area (Å²) in [7, 11) is 2.14. The van der Waals surface area contributed by atoms with Gasteiger partial charge in [-0.05, 0) is 36.7 Å². The highest BCUT2D eigenvalue weighted by Crippen LogP contribution is 2.28. The number of halogens is 1. The Kier molecular flexibility index (Phi) is 2.30. The van der Waals surface area contributed by atoms with E-state index < -0.39 is 0 Å². The van der Waals surface area contributed by atoms with Crippen molar-refractivity contribution in [3.63, 3.8) is 0 Å². The van der Waals surface area contributed by atoms with Gasteiger partial charge in [-0.3, -0.25) is 0 Å². The van der Waals surface area contributed by atoms with E-state index >= 15 is 0 Å². The van der Waals surface area contributed by atoms with Gasteiger partial charge in [-0.1, -0.05) is 15.9 Å². The predicted octanol–water partition coefficient (Wildman–Crippen LogP) is 2.02. The number of likely N-dealkylation sites (N-methyl/N-ethyl adjacent to an activating group) is 1. The van der Waals surface area contributed by atoms with Crippen molar-refractivity contribution in [1.29, 1.82) is 0 Å². The summed E-state index contributed by atoms with van der Waals surface area (Å²) >= 11 is 3.55. The molecule has 2 rings (SSSR count). The Labute approximate surface area is 86.9 Å². The number of nitrogen functional groups attached to an aromatic ring is 1. The molecule has 0 saturated carbocycles. The molecular formula is C10H13BrN2. The Morgan fingerprint density at radius 2 is 2.23 bits per heavy atom. The Morgan fingerprint density at radius 1 is 1.46 bits per heavy atom. The third-order valence-corrected chi connectivity index (χ3v) is 3.21. The topological polar surface area (TPSA) is 29.3 Å². The SMILES string of the molecule is CN1CCc2cc(N)cc(Br)c2C1. The Bertz CT molecular complexity index is 336. The van der Waals surface area contributed by atoms with Gasteiger partial charge in [0.2, 0.25) is 0 Å². The summed E-state index contributed by atoms with van der Waals surface area (Å²) in [5.74, 6) is 0. The molecule has 0 aromatic heterocycles. The Hall–Kier alpha value is -0.540. The molecule has 0 bridgehead atoms. The van der Waals surface area contributed by atoms with Crippen LogP contribution in [0.4, 0.5) is 5.69 Å². The van der Waals surface area contributed by atoms with Crippen molar-refractivity contribution in [3.8, 4) is 0 Å². The molecule has 13 heavy (non-hydrogen) atoms. The zero-order chi connectivity index (χ0) is 9.42. The van der Waals surface area contributed by atoms with Crippen LogP contribution < -0.4 is 5.73 Å². The van der Waals surface area contributed by atoms with Crippen molar-refractivity contribution in [1.82, 2.24) is 4.90 Å². The third kappa shape index (κ3) is 1.71. The van der Waals surface area contributed by atoms with Gasteiger partial charge >= 0.3 is 0 Å². The minimum atomic E-state index is 0.857. The molecule has 0 aliphatic carbocycles. The van der Waals surface area contributed by atoms with Crippen LogP contribution in [-0.4, -0.2) is 18.5 Å². The van der Waals surface area contributed by atoms with Crippen molar-refractivity contribution < 1.29 is 0 Å². The first-order valence-electron chi connectivity index (χ1n) is 4.42. The van der Waals surface area contributed by atoms with Crippen LogP contribution in [0.25, 0.3) is 0 Å². The first-order chi connectivity index (χ1) is 6.16. The first kappa shape index (κ1) is 9.03. The van der Waals surface area contributed by atoms with E-state index in [9.17, 15) is 0 Å². The summed E-state index contributed by atoms with van der Waals surface area (Å²) in [6, 6.07) is 4.07. The molecule has 0 radical (unpaired) electrons. The van der Waals surface area contributed by atoms with Gasteiger partial charge in [0.15, 0.2) is 0 Å². The highest BCUT2D eigenvalue weighted by molar-refractivity contribution is 9.10. The zero-order valence-corrected chi connectivity index (χ0v) is 9.26. The van der Waals surface area contributed by atoms with E-state index in [4.69, 9.17) is 5.73 Å². The number of fused-ring (bicyclic) bond motifs is 1. The molecule has 2 nitrogen and oxygen atoms in total. The van der Waals surface area contributed by atoms with Gasteiger partial charge in [0.25, 0.3) is 0 Å². The highest BCUT2D eigenvalue weighted by atomic mass is 79.9. The number of nitrogens with zero attached hydrogens (tertiary/aromatic N) is 1. The molecule has 0 spiro atoms. The quantitative estimate of drug-likeness (QED) is 0.704. The minimum absolute atomic E-state index is 0.857. The molecular weight excluding hydrogens is 228 g/mol. The minimum Gasteiger partial charge on any atom is -0.399 e. The maximum Gasteiger partial charge on any atom is 0.0328 e. The van der Waals surface area contributed by atoms with E-state index in [1.807, 2.05) is 6.07 Å². The van der Waals surface area contributed by atoms with Crippen molar-refractivity contribution in [2.75, 3.05) is 19.3 Å². The van der Waals surface area contributed by atoms with Crippen molar-refractivity contribution in [2.45, 2.75) is 13.0 Å². The number of hydrogen-bond donors (Lipinski definition) is 1. The van der Waals surface area contributed by atoms with Crippen LogP contribution in [0.2, 0.25) is 0 Å². The van der Waals surface area contributed by atoms with E-state index in [0.717, 1.165) is 29.7 Å². The van der Waals surface area contributed by atoms with Crippen molar-refractivity contribution >= 4 is 21.6 Å². The van der Waals surface area contributed by atoms with Gasteiger partial charge in [-0.2, -0.15) is 0 Å². The van der Waals surface area contributed by atoms with Crippen LogP contribution in [0.1, 0.15) is 11.1 Å². The van der Waals surface area contributed by atoms with Gasteiger partial charge in [0, 0.05) is 23.2 Å². The maximum absolute atomic E-state index is 5.77. The summed E-state index contributed by atoms with van der Waals surface area (Å²) in [6.07, 6.45) is 1.11. The summed E-state index contributed by atoms with van der Waals surface area (Å²) < 4.78 is 1.15. The van der Waals surface area contributed by atoms with E-state index in [2.05, 4.69) is 33.9 Å². The Morgan fingerprint density at radius 3 is 3.00 bits per heavy atom. The molecule has 0 fully saturated rings. The summed E-state index contributed by atoms with van der Waals surface area (Å²) in [5, 5.41) is 0. The summed E-state index contributed by atoms with van der Waals surface area (Å²) in [6.45, 7) is 2.15. The lowest BCUT2D eigenvalue weighted by Crippen LogP contribution is -2.26. The molecule has 70 valence electrons. The summed E-state index contributed by atoms with van der Waals surface area (Å²) in [5.41, 5.74) is 9.42. The van der Waals surface area contributed by atoms with Crippen LogP contribution in [0.3, 0.4) is 0 Å². The number of nitrogens with two attached hydrogens (primary N) is 1.